The monoisotopic (exact) mass is 357 g/mol. The van der Waals surface area contributed by atoms with Gasteiger partial charge in [0, 0.05) is 57.1 Å². The maximum atomic E-state index is 12.5. The molecule has 2 amide bonds. The number of hydrogen-bond donors (Lipinski definition) is 0. The number of aromatic nitrogens is 3. The molecule has 8 heteroatoms. The number of fused-ring (bicyclic) bond motifs is 1. The van der Waals surface area contributed by atoms with Crippen molar-refractivity contribution < 1.29 is 14.1 Å². The van der Waals surface area contributed by atoms with E-state index < -0.39 is 0 Å². The fourth-order valence-electron chi connectivity index (χ4n) is 4.15. The van der Waals surface area contributed by atoms with Crippen LogP contribution in [0.2, 0.25) is 0 Å². The molecule has 0 saturated carbocycles. The molecule has 8 nitrogen and oxygen atoms in total. The molecule has 2 atom stereocenters. The number of carbonyl (C=O) groups is 2. The van der Waals surface area contributed by atoms with Crippen LogP contribution in [0.4, 0.5) is 0 Å². The van der Waals surface area contributed by atoms with Gasteiger partial charge in [-0.25, -0.2) is 4.98 Å². The molecule has 4 heterocycles. The molecule has 2 fully saturated rings. The minimum absolute atomic E-state index is 0.0826. The normalized spacial score (nSPS) is 23.2. The molecule has 0 N–H and O–H groups in total. The van der Waals surface area contributed by atoms with Crippen LogP contribution in [0, 0.1) is 5.92 Å². The third-order valence-corrected chi connectivity index (χ3v) is 5.46. The zero-order valence-electron chi connectivity index (χ0n) is 14.7. The third kappa shape index (κ3) is 3.36. The smallest absolute Gasteiger partial charge is 0.276 e. The zero-order valence-corrected chi connectivity index (χ0v) is 14.7. The van der Waals surface area contributed by atoms with Crippen molar-refractivity contribution in [1.82, 2.24) is 24.5 Å². The SMILES string of the molecule is O=C(c1ccon1)N1CC[C@@H]2[C@@H](CCC(=O)N2CCCn2ccnc2)C1. The van der Waals surface area contributed by atoms with E-state index in [0.29, 0.717) is 31.1 Å². The van der Waals surface area contributed by atoms with Gasteiger partial charge in [-0.1, -0.05) is 5.16 Å². The molecule has 4 rings (SSSR count). The van der Waals surface area contributed by atoms with Gasteiger partial charge < -0.3 is 18.9 Å². The Balaban J connectivity index is 1.36. The van der Waals surface area contributed by atoms with Gasteiger partial charge >= 0.3 is 0 Å². The highest BCUT2D eigenvalue weighted by molar-refractivity contribution is 5.92. The van der Waals surface area contributed by atoms with E-state index in [0.717, 1.165) is 32.4 Å². The van der Waals surface area contributed by atoms with Crippen LogP contribution >= 0.6 is 0 Å². The molecule has 2 aromatic rings. The van der Waals surface area contributed by atoms with Crippen molar-refractivity contribution >= 4 is 11.8 Å². The Labute approximate surface area is 151 Å². The molecular formula is C18H23N5O3. The average molecular weight is 357 g/mol. The number of piperidine rings is 2. The molecule has 138 valence electrons. The number of nitrogens with zero attached hydrogens (tertiary/aromatic N) is 5. The predicted molar refractivity (Wildman–Crippen MR) is 92.1 cm³/mol. The van der Waals surface area contributed by atoms with Gasteiger partial charge in [-0.2, -0.15) is 0 Å². The van der Waals surface area contributed by atoms with Gasteiger partial charge in [0.15, 0.2) is 5.69 Å². The Bertz CT molecular complexity index is 743. The van der Waals surface area contributed by atoms with Crippen molar-refractivity contribution in [3.05, 3.63) is 36.7 Å². The quantitative estimate of drug-likeness (QED) is 0.808. The Morgan fingerprint density at radius 1 is 1.31 bits per heavy atom. The Hall–Kier alpha value is -2.64. The van der Waals surface area contributed by atoms with E-state index in [4.69, 9.17) is 4.52 Å². The Morgan fingerprint density at radius 2 is 2.23 bits per heavy atom. The fraction of sp³-hybridized carbons (Fsp3) is 0.556. The number of aryl methyl sites for hydroxylation is 1. The summed E-state index contributed by atoms with van der Waals surface area (Å²) in [7, 11) is 0. The molecule has 0 radical (unpaired) electrons. The first kappa shape index (κ1) is 16.8. The molecule has 0 aliphatic carbocycles. The van der Waals surface area contributed by atoms with E-state index >= 15 is 0 Å². The van der Waals surface area contributed by atoms with Gasteiger partial charge in [0.2, 0.25) is 5.91 Å². The molecular weight excluding hydrogens is 334 g/mol. The summed E-state index contributed by atoms with van der Waals surface area (Å²) in [5.41, 5.74) is 0.354. The molecule has 0 bridgehead atoms. The highest BCUT2D eigenvalue weighted by Crippen LogP contribution is 2.32. The van der Waals surface area contributed by atoms with Crippen LogP contribution < -0.4 is 0 Å². The standard InChI is InChI=1S/C18H23N5O3/c24-17-3-2-14-12-22(18(25)15-5-11-26-20-15)9-4-16(14)23(17)8-1-7-21-10-6-19-13-21/h5-6,10-11,13-14,16H,1-4,7-9,12H2/t14-,16+/m0/s1. The summed E-state index contributed by atoms with van der Waals surface area (Å²) < 4.78 is 6.82. The second-order valence-electron chi connectivity index (χ2n) is 7.03. The van der Waals surface area contributed by atoms with Crippen molar-refractivity contribution in [3.63, 3.8) is 0 Å². The topological polar surface area (TPSA) is 84.5 Å². The van der Waals surface area contributed by atoms with Crippen LogP contribution in [-0.4, -0.2) is 62.0 Å². The fourth-order valence-corrected chi connectivity index (χ4v) is 4.15. The molecule has 0 unspecified atom stereocenters. The number of likely N-dealkylation sites (tertiary alicyclic amines) is 2. The lowest BCUT2D eigenvalue weighted by Crippen LogP contribution is -2.57. The molecule has 2 aliphatic heterocycles. The van der Waals surface area contributed by atoms with Crippen molar-refractivity contribution in [2.45, 2.75) is 38.3 Å². The lowest BCUT2D eigenvalue weighted by molar-refractivity contribution is -0.140. The van der Waals surface area contributed by atoms with E-state index in [1.54, 1.807) is 18.6 Å². The summed E-state index contributed by atoms with van der Waals surface area (Å²) in [6, 6.07) is 1.83. The van der Waals surface area contributed by atoms with Crippen LogP contribution in [0.3, 0.4) is 0 Å². The summed E-state index contributed by atoms with van der Waals surface area (Å²) in [6.45, 7) is 2.95. The average Bonchev–Trinajstić information content (AvgIpc) is 3.36. The first-order valence-corrected chi connectivity index (χ1v) is 9.17. The highest BCUT2D eigenvalue weighted by Gasteiger charge is 2.40. The van der Waals surface area contributed by atoms with Crippen molar-refractivity contribution in [2.24, 2.45) is 5.92 Å². The maximum Gasteiger partial charge on any atom is 0.276 e. The molecule has 2 saturated heterocycles. The minimum atomic E-state index is -0.0826. The number of amides is 2. The summed E-state index contributed by atoms with van der Waals surface area (Å²) >= 11 is 0. The van der Waals surface area contributed by atoms with Gasteiger partial charge in [-0.15, -0.1) is 0 Å². The largest absolute Gasteiger partial charge is 0.364 e. The molecule has 0 spiro atoms. The van der Waals surface area contributed by atoms with E-state index in [2.05, 4.69) is 10.1 Å². The van der Waals surface area contributed by atoms with Crippen LogP contribution in [0.25, 0.3) is 0 Å². The summed E-state index contributed by atoms with van der Waals surface area (Å²) in [5.74, 6) is 0.500. The number of hydrogen-bond acceptors (Lipinski definition) is 5. The van der Waals surface area contributed by atoms with E-state index in [1.165, 1.54) is 6.26 Å². The lowest BCUT2D eigenvalue weighted by atomic mass is 9.83. The number of rotatable bonds is 5. The first-order valence-electron chi connectivity index (χ1n) is 9.17. The second kappa shape index (κ2) is 7.31. The predicted octanol–water partition coefficient (Wildman–Crippen LogP) is 1.41. The van der Waals surface area contributed by atoms with Crippen LogP contribution in [0.1, 0.15) is 36.2 Å². The van der Waals surface area contributed by atoms with Gasteiger partial charge in [0.1, 0.15) is 6.26 Å². The second-order valence-corrected chi connectivity index (χ2v) is 7.03. The summed E-state index contributed by atoms with van der Waals surface area (Å²) in [5, 5.41) is 3.75. The van der Waals surface area contributed by atoms with Crippen molar-refractivity contribution in [3.8, 4) is 0 Å². The highest BCUT2D eigenvalue weighted by atomic mass is 16.5. The van der Waals surface area contributed by atoms with E-state index in [-0.39, 0.29) is 17.9 Å². The van der Waals surface area contributed by atoms with E-state index in [9.17, 15) is 9.59 Å². The number of imidazole rings is 1. The van der Waals surface area contributed by atoms with Crippen molar-refractivity contribution in [2.75, 3.05) is 19.6 Å². The minimum Gasteiger partial charge on any atom is -0.364 e. The van der Waals surface area contributed by atoms with Crippen LogP contribution in [0.5, 0.6) is 0 Å². The molecule has 0 aromatic carbocycles. The van der Waals surface area contributed by atoms with E-state index in [1.807, 2.05) is 20.6 Å². The summed E-state index contributed by atoms with van der Waals surface area (Å²) in [4.78, 5) is 32.9. The number of carbonyl (C=O) groups excluding carboxylic acids is 2. The van der Waals surface area contributed by atoms with Gasteiger partial charge in [0.05, 0.1) is 6.33 Å². The van der Waals surface area contributed by atoms with Crippen LogP contribution in [0.15, 0.2) is 35.6 Å². The first-order chi connectivity index (χ1) is 12.7. The third-order valence-electron chi connectivity index (χ3n) is 5.46. The Morgan fingerprint density at radius 3 is 3.00 bits per heavy atom. The molecule has 2 aromatic heterocycles. The van der Waals surface area contributed by atoms with Crippen molar-refractivity contribution in [1.29, 1.82) is 0 Å². The zero-order chi connectivity index (χ0) is 17.9. The van der Waals surface area contributed by atoms with Gasteiger partial charge in [0.25, 0.3) is 5.91 Å². The van der Waals surface area contributed by atoms with Crippen LogP contribution in [-0.2, 0) is 11.3 Å². The molecule has 2 aliphatic rings. The maximum absolute atomic E-state index is 12.5. The van der Waals surface area contributed by atoms with Gasteiger partial charge in [-0.3, -0.25) is 9.59 Å². The Kier molecular flexibility index (Phi) is 4.73. The van der Waals surface area contributed by atoms with Gasteiger partial charge in [-0.05, 0) is 25.2 Å². The lowest BCUT2D eigenvalue weighted by Gasteiger charge is -2.47. The summed E-state index contributed by atoms with van der Waals surface area (Å²) in [6.07, 6.45) is 10.1. The molecule has 26 heavy (non-hydrogen) atoms.